The minimum Gasteiger partial charge on any atom is -0.492 e. The van der Waals surface area contributed by atoms with Gasteiger partial charge >= 0.3 is 5.97 Å². The van der Waals surface area contributed by atoms with Gasteiger partial charge in [-0.25, -0.2) is 13.2 Å². The van der Waals surface area contributed by atoms with E-state index in [1.165, 1.54) is 42.5 Å². The van der Waals surface area contributed by atoms with Crippen molar-refractivity contribution in [2.75, 3.05) is 17.9 Å². The molecule has 0 fully saturated rings. The molecule has 0 heterocycles. The fourth-order valence-electron chi connectivity index (χ4n) is 2.04. The Bertz CT molecular complexity index is 850. The predicted octanol–water partition coefficient (Wildman–Crippen LogP) is 3.72. The first kappa shape index (κ1) is 19.1. The van der Waals surface area contributed by atoms with Crippen molar-refractivity contribution in [2.45, 2.75) is 18.7 Å². The van der Waals surface area contributed by atoms with Crippen LogP contribution in [-0.4, -0.2) is 27.6 Å². The molecule has 0 spiro atoms. The summed E-state index contributed by atoms with van der Waals surface area (Å²) in [6.45, 7) is 4.01. The van der Waals surface area contributed by atoms with Crippen LogP contribution in [0.5, 0.6) is 5.75 Å². The summed E-state index contributed by atoms with van der Waals surface area (Å²) in [4.78, 5) is 11.9. The first-order chi connectivity index (χ1) is 11.9. The van der Waals surface area contributed by atoms with E-state index in [0.717, 1.165) is 0 Å². The largest absolute Gasteiger partial charge is 0.492 e. The standard InChI is InChI=1S/C17H18ClNO5S/c1-3-23-16-11-12(17(20)24-4-2)5-10-15(16)19-25(21,22)14-8-6-13(18)7-9-14/h5-11,19H,3-4H2,1-2H3. The zero-order valence-electron chi connectivity index (χ0n) is 13.8. The summed E-state index contributed by atoms with van der Waals surface area (Å²) in [6.07, 6.45) is 0. The quantitative estimate of drug-likeness (QED) is 0.737. The number of anilines is 1. The number of benzene rings is 2. The lowest BCUT2D eigenvalue weighted by atomic mass is 10.2. The van der Waals surface area contributed by atoms with E-state index >= 15 is 0 Å². The SMILES string of the molecule is CCOC(=O)c1ccc(NS(=O)(=O)c2ccc(Cl)cc2)c(OCC)c1. The van der Waals surface area contributed by atoms with Crippen LogP contribution < -0.4 is 9.46 Å². The first-order valence-electron chi connectivity index (χ1n) is 7.59. The molecule has 0 unspecified atom stereocenters. The van der Waals surface area contributed by atoms with Crippen molar-refractivity contribution < 1.29 is 22.7 Å². The molecule has 134 valence electrons. The highest BCUT2D eigenvalue weighted by molar-refractivity contribution is 7.92. The Morgan fingerprint density at radius 2 is 1.76 bits per heavy atom. The van der Waals surface area contributed by atoms with Gasteiger partial charge in [0.2, 0.25) is 0 Å². The number of halogens is 1. The second-order valence-electron chi connectivity index (χ2n) is 4.92. The van der Waals surface area contributed by atoms with Gasteiger partial charge in [-0.2, -0.15) is 0 Å². The Kier molecular flexibility index (Phi) is 6.27. The topological polar surface area (TPSA) is 81.7 Å². The molecule has 0 atom stereocenters. The minimum absolute atomic E-state index is 0.0637. The van der Waals surface area contributed by atoms with E-state index < -0.39 is 16.0 Å². The molecule has 0 amide bonds. The highest BCUT2D eigenvalue weighted by Gasteiger charge is 2.18. The Hall–Kier alpha value is -2.25. The molecule has 1 N–H and O–H groups in total. The van der Waals surface area contributed by atoms with E-state index in [-0.39, 0.29) is 28.5 Å². The average molecular weight is 384 g/mol. The number of hydrogen-bond acceptors (Lipinski definition) is 5. The zero-order valence-corrected chi connectivity index (χ0v) is 15.4. The maximum absolute atomic E-state index is 12.5. The average Bonchev–Trinajstić information content (AvgIpc) is 2.57. The van der Waals surface area contributed by atoms with Crippen LogP contribution in [0, 0.1) is 0 Å². The van der Waals surface area contributed by atoms with Gasteiger partial charge in [-0.05, 0) is 56.3 Å². The number of hydrogen-bond donors (Lipinski definition) is 1. The number of ether oxygens (including phenoxy) is 2. The van der Waals surface area contributed by atoms with Crippen LogP contribution in [0.3, 0.4) is 0 Å². The van der Waals surface area contributed by atoms with Gasteiger partial charge in [-0.1, -0.05) is 11.6 Å². The van der Waals surface area contributed by atoms with Crippen LogP contribution in [0.4, 0.5) is 5.69 Å². The van der Waals surface area contributed by atoms with Crippen molar-refractivity contribution in [3.63, 3.8) is 0 Å². The summed E-state index contributed by atoms with van der Waals surface area (Å²) in [5, 5.41) is 0.438. The molecule has 6 nitrogen and oxygen atoms in total. The van der Waals surface area contributed by atoms with Gasteiger partial charge < -0.3 is 9.47 Å². The van der Waals surface area contributed by atoms with Crippen molar-refractivity contribution in [2.24, 2.45) is 0 Å². The molecule has 0 aromatic heterocycles. The van der Waals surface area contributed by atoms with Gasteiger partial charge in [0.1, 0.15) is 5.75 Å². The summed E-state index contributed by atoms with van der Waals surface area (Å²) in [5.74, 6) is -0.263. The highest BCUT2D eigenvalue weighted by atomic mass is 35.5. The number of esters is 1. The van der Waals surface area contributed by atoms with Gasteiger partial charge in [0.15, 0.2) is 0 Å². The van der Waals surface area contributed by atoms with Crippen LogP contribution in [-0.2, 0) is 14.8 Å². The Morgan fingerprint density at radius 3 is 2.36 bits per heavy atom. The molecule has 0 radical (unpaired) electrons. The first-order valence-corrected chi connectivity index (χ1v) is 9.46. The maximum atomic E-state index is 12.5. The molecule has 0 saturated heterocycles. The maximum Gasteiger partial charge on any atom is 0.338 e. The fourth-order valence-corrected chi connectivity index (χ4v) is 3.24. The monoisotopic (exact) mass is 383 g/mol. The van der Waals surface area contributed by atoms with Gasteiger partial charge in [-0.3, -0.25) is 4.72 Å². The second-order valence-corrected chi connectivity index (χ2v) is 7.04. The van der Waals surface area contributed by atoms with E-state index in [0.29, 0.717) is 11.6 Å². The van der Waals surface area contributed by atoms with Crippen molar-refractivity contribution in [3.8, 4) is 5.75 Å². The van der Waals surface area contributed by atoms with Gasteiger partial charge in [0.05, 0.1) is 29.4 Å². The molecule has 0 aliphatic heterocycles. The van der Waals surface area contributed by atoms with Crippen LogP contribution in [0.2, 0.25) is 5.02 Å². The number of carbonyl (C=O) groups is 1. The molecule has 2 aromatic carbocycles. The summed E-state index contributed by atoms with van der Waals surface area (Å²) in [6, 6.07) is 10.2. The molecule has 8 heteroatoms. The fraction of sp³-hybridized carbons (Fsp3) is 0.235. The van der Waals surface area contributed by atoms with Gasteiger partial charge in [-0.15, -0.1) is 0 Å². The van der Waals surface area contributed by atoms with Crippen molar-refractivity contribution in [3.05, 3.63) is 53.1 Å². The van der Waals surface area contributed by atoms with E-state index in [1.54, 1.807) is 13.8 Å². The van der Waals surface area contributed by atoms with E-state index in [2.05, 4.69) is 4.72 Å². The Labute approximate surface area is 151 Å². The molecule has 0 saturated carbocycles. The van der Waals surface area contributed by atoms with E-state index in [9.17, 15) is 13.2 Å². The van der Waals surface area contributed by atoms with Gasteiger partial charge in [0, 0.05) is 5.02 Å². The van der Waals surface area contributed by atoms with Crippen molar-refractivity contribution >= 4 is 33.3 Å². The van der Waals surface area contributed by atoms with E-state index in [4.69, 9.17) is 21.1 Å². The lowest BCUT2D eigenvalue weighted by Crippen LogP contribution is -2.14. The third-order valence-electron chi connectivity index (χ3n) is 3.16. The molecular weight excluding hydrogens is 366 g/mol. The second kappa shape index (κ2) is 8.22. The van der Waals surface area contributed by atoms with Crippen LogP contribution in [0.1, 0.15) is 24.2 Å². The number of rotatable bonds is 7. The Balaban J connectivity index is 2.34. The molecule has 0 bridgehead atoms. The lowest BCUT2D eigenvalue weighted by molar-refractivity contribution is 0.0526. The predicted molar refractivity (Wildman–Crippen MR) is 95.8 cm³/mol. The minimum atomic E-state index is -3.82. The van der Waals surface area contributed by atoms with Crippen LogP contribution >= 0.6 is 11.6 Å². The molecule has 25 heavy (non-hydrogen) atoms. The molecular formula is C17H18ClNO5S. The van der Waals surface area contributed by atoms with Crippen molar-refractivity contribution in [1.82, 2.24) is 0 Å². The molecule has 0 aliphatic rings. The summed E-state index contributed by atoms with van der Waals surface area (Å²) in [7, 11) is -3.82. The normalized spacial score (nSPS) is 11.0. The highest BCUT2D eigenvalue weighted by Crippen LogP contribution is 2.29. The van der Waals surface area contributed by atoms with Crippen LogP contribution in [0.15, 0.2) is 47.4 Å². The summed E-state index contributed by atoms with van der Waals surface area (Å²) < 4.78 is 37.8. The number of sulfonamides is 1. The zero-order chi connectivity index (χ0) is 18.4. The molecule has 2 aromatic rings. The smallest absolute Gasteiger partial charge is 0.338 e. The summed E-state index contributed by atoms with van der Waals surface area (Å²) in [5.41, 5.74) is 0.504. The van der Waals surface area contributed by atoms with Gasteiger partial charge in [0.25, 0.3) is 10.0 Å². The molecule has 2 rings (SSSR count). The number of carbonyl (C=O) groups excluding carboxylic acids is 1. The third kappa shape index (κ3) is 4.87. The Morgan fingerprint density at radius 1 is 1.08 bits per heavy atom. The van der Waals surface area contributed by atoms with E-state index in [1.807, 2.05) is 0 Å². The van der Waals surface area contributed by atoms with Crippen LogP contribution in [0.25, 0.3) is 0 Å². The number of nitrogens with one attached hydrogen (secondary N) is 1. The third-order valence-corrected chi connectivity index (χ3v) is 4.79. The lowest BCUT2D eigenvalue weighted by Gasteiger charge is -2.14. The van der Waals surface area contributed by atoms with Crippen molar-refractivity contribution in [1.29, 1.82) is 0 Å². The molecule has 0 aliphatic carbocycles. The summed E-state index contributed by atoms with van der Waals surface area (Å²) >= 11 is 5.78.